The van der Waals surface area contributed by atoms with Gasteiger partial charge in [-0.05, 0) is 91.1 Å². The van der Waals surface area contributed by atoms with Crippen molar-refractivity contribution in [3.63, 3.8) is 0 Å². The summed E-state index contributed by atoms with van der Waals surface area (Å²) in [5.41, 5.74) is 7.66. The van der Waals surface area contributed by atoms with Crippen molar-refractivity contribution in [2.24, 2.45) is 7.05 Å². The van der Waals surface area contributed by atoms with Crippen molar-refractivity contribution in [2.75, 3.05) is 52.0 Å². The van der Waals surface area contributed by atoms with E-state index in [-0.39, 0.29) is 35.7 Å². The van der Waals surface area contributed by atoms with Gasteiger partial charge in [-0.2, -0.15) is 5.26 Å². The molecule has 3 heterocycles. The largest absolute Gasteiger partial charge is 0.508 e. The Morgan fingerprint density at radius 2 is 1.62 bits per heavy atom. The van der Waals surface area contributed by atoms with Crippen LogP contribution in [0.15, 0.2) is 84.9 Å². The van der Waals surface area contributed by atoms with E-state index in [4.69, 9.17) is 14.2 Å². The molecule has 1 aromatic heterocycles. The molecule has 0 bridgehead atoms. The zero-order valence-electron chi connectivity index (χ0n) is 32.5. The molecule has 2 amide bonds. The maximum absolute atomic E-state index is 15.1. The highest BCUT2D eigenvalue weighted by Crippen LogP contribution is 2.37. The number of nitrogens with zero attached hydrogens (tertiary/aromatic N) is 5. The van der Waals surface area contributed by atoms with Crippen LogP contribution >= 0.6 is 0 Å². The molecule has 2 aliphatic heterocycles. The summed E-state index contributed by atoms with van der Waals surface area (Å²) in [5, 5.41) is 20.3. The molecule has 0 saturated carbocycles. The van der Waals surface area contributed by atoms with E-state index in [2.05, 4.69) is 23.1 Å². The van der Waals surface area contributed by atoms with Crippen LogP contribution in [0.1, 0.15) is 54.2 Å². The third-order valence-electron chi connectivity index (χ3n) is 11.3. The molecule has 11 nitrogen and oxygen atoms in total. The van der Waals surface area contributed by atoms with Crippen molar-refractivity contribution < 1.29 is 28.9 Å². The number of rotatable bonds is 10. The molecule has 0 aliphatic carbocycles. The average Bonchev–Trinajstić information content (AvgIpc) is 3.52. The Kier molecular flexibility index (Phi) is 11.1. The normalized spacial score (nSPS) is 15.5. The van der Waals surface area contributed by atoms with Crippen LogP contribution in [0.25, 0.3) is 11.3 Å². The zero-order chi connectivity index (χ0) is 39.5. The Balaban J connectivity index is 1.31. The minimum Gasteiger partial charge on any atom is -0.508 e. The second kappa shape index (κ2) is 16.3. The van der Waals surface area contributed by atoms with Gasteiger partial charge < -0.3 is 33.7 Å². The highest BCUT2D eigenvalue weighted by atomic mass is 16.5. The molecule has 1 fully saturated rings. The SMILES string of the molecule is COc1cc(C(=O)N2Cc3ccccc3C[C@H]2CN2CCOCC2)c(-c2cc(C(=O)N(Cc3cccc(OC)c3C)c3ccc(O)cc3)c(C)n2C)cc1C#N. The molecule has 7 rings (SSSR count). The number of carbonyl (C=O) groups is 2. The quantitative estimate of drug-likeness (QED) is 0.169. The summed E-state index contributed by atoms with van der Waals surface area (Å²) < 4.78 is 18.8. The minimum atomic E-state index is -0.266. The van der Waals surface area contributed by atoms with E-state index in [1.54, 1.807) is 54.5 Å². The van der Waals surface area contributed by atoms with Gasteiger partial charge in [0.1, 0.15) is 23.3 Å². The van der Waals surface area contributed by atoms with Gasteiger partial charge in [0.25, 0.3) is 11.8 Å². The highest BCUT2D eigenvalue weighted by Gasteiger charge is 2.35. The Morgan fingerprint density at radius 1 is 0.911 bits per heavy atom. The first kappa shape index (κ1) is 38.2. The first-order chi connectivity index (χ1) is 27.1. The molecule has 2 aliphatic rings. The average molecular weight is 754 g/mol. The van der Waals surface area contributed by atoms with Crippen LogP contribution in [0.5, 0.6) is 17.2 Å². The monoisotopic (exact) mass is 753 g/mol. The number of phenolic OH excluding ortho intramolecular Hbond substituents is 1. The molecular weight excluding hydrogens is 707 g/mol. The lowest BCUT2D eigenvalue weighted by molar-refractivity contribution is 0.0193. The number of hydrogen-bond donors (Lipinski definition) is 1. The second-order valence-electron chi connectivity index (χ2n) is 14.4. The van der Waals surface area contributed by atoms with E-state index in [9.17, 15) is 15.2 Å². The summed E-state index contributed by atoms with van der Waals surface area (Å²) in [6.07, 6.45) is 0.712. The predicted octanol–water partition coefficient (Wildman–Crippen LogP) is 6.65. The fraction of sp³-hybridized carbons (Fsp3) is 0.311. The fourth-order valence-corrected chi connectivity index (χ4v) is 7.90. The molecule has 11 heteroatoms. The summed E-state index contributed by atoms with van der Waals surface area (Å²) in [4.78, 5) is 35.9. The Morgan fingerprint density at radius 3 is 2.32 bits per heavy atom. The van der Waals surface area contributed by atoms with E-state index in [1.165, 1.54) is 12.7 Å². The van der Waals surface area contributed by atoms with E-state index >= 15 is 4.79 Å². The number of methoxy groups -OCH3 is 2. The Hall–Kier alpha value is -6.09. The number of nitriles is 1. The topological polar surface area (TPSA) is 120 Å². The smallest absolute Gasteiger partial charge is 0.260 e. The van der Waals surface area contributed by atoms with Gasteiger partial charge in [0.05, 0.1) is 50.7 Å². The highest BCUT2D eigenvalue weighted by molar-refractivity contribution is 6.08. The van der Waals surface area contributed by atoms with E-state index < -0.39 is 0 Å². The molecular formula is C45H47N5O6. The van der Waals surface area contributed by atoms with Gasteiger partial charge in [-0.1, -0.05) is 36.4 Å². The number of amides is 2. The van der Waals surface area contributed by atoms with Crippen molar-refractivity contribution >= 4 is 17.5 Å². The van der Waals surface area contributed by atoms with Crippen LogP contribution < -0.4 is 14.4 Å². The van der Waals surface area contributed by atoms with Crippen molar-refractivity contribution in [3.05, 3.63) is 130 Å². The van der Waals surface area contributed by atoms with Crippen molar-refractivity contribution in [1.82, 2.24) is 14.4 Å². The number of hydrogen-bond acceptors (Lipinski definition) is 8. The standard InChI is InChI=1S/C45H47N5O6/c1-29-32(11-8-12-42(29)54-4)26-49(35-13-15-37(51)16-14-35)44(52)38-23-41(47(3)30(38)2)39-22-34(25-46)43(55-5)24-40(39)45(53)50-27-33-10-7-6-9-31(33)21-36(50)28-48-17-19-56-20-18-48/h6-16,22-24,36,51H,17-21,26-28H2,1-5H3/t36-/m0/s1. The Bertz CT molecular complexity index is 2300. The number of morpholine rings is 1. The maximum atomic E-state index is 15.1. The van der Waals surface area contributed by atoms with Crippen LogP contribution in [0.2, 0.25) is 0 Å². The van der Waals surface area contributed by atoms with Crippen molar-refractivity contribution in [2.45, 2.75) is 39.4 Å². The van der Waals surface area contributed by atoms with Gasteiger partial charge >= 0.3 is 0 Å². The molecule has 4 aromatic carbocycles. The van der Waals surface area contributed by atoms with E-state index in [0.29, 0.717) is 78.0 Å². The number of carbonyl (C=O) groups excluding carboxylic acids is 2. The molecule has 5 aromatic rings. The predicted molar refractivity (Wildman–Crippen MR) is 214 cm³/mol. The molecule has 0 spiro atoms. The second-order valence-corrected chi connectivity index (χ2v) is 14.4. The lowest BCUT2D eigenvalue weighted by Crippen LogP contribution is -2.52. The van der Waals surface area contributed by atoms with Crippen molar-refractivity contribution in [1.29, 1.82) is 5.26 Å². The van der Waals surface area contributed by atoms with Crippen LogP contribution in [0.4, 0.5) is 5.69 Å². The van der Waals surface area contributed by atoms with Crippen LogP contribution in [-0.4, -0.2) is 84.4 Å². The van der Waals surface area contributed by atoms with Crippen molar-refractivity contribution in [3.8, 4) is 34.6 Å². The molecule has 1 atom stereocenters. The van der Waals surface area contributed by atoms with E-state index in [0.717, 1.165) is 29.8 Å². The Labute approximate surface area is 327 Å². The molecule has 0 unspecified atom stereocenters. The van der Waals surface area contributed by atoms with Gasteiger partial charge in [0.15, 0.2) is 0 Å². The number of benzene rings is 4. The molecule has 1 saturated heterocycles. The summed E-state index contributed by atoms with van der Waals surface area (Å²) in [6.45, 7) is 8.13. The lowest BCUT2D eigenvalue weighted by atomic mass is 9.91. The third kappa shape index (κ3) is 7.46. The number of aromatic hydroxyl groups is 1. The minimum absolute atomic E-state index is 0.0891. The van der Waals surface area contributed by atoms with Crippen LogP contribution in [0, 0.1) is 25.2 Å². The van der Waals surface area contributed by atoms with Gasteiger partial charge in [-0.25, -0.2) is 0 Å². The fourth-order valence-electron chi connectivity index (χ4n) is 7.90. The maximum Gasteiger partial charge on any atom is 0.260 e. The first-order valence-corrected chi connectivity index (χ1v) is 18.8. The van der Waals surface area contributed by atoms with Gasteiger partial charge in [-0.15, -0.1) is 0 Å². The number of phenols is 1. The number of ether oxygens (including phenoxy) is 3. The van der Waals surface area contributed by atoms with Gasteiger partial charge in [0.2, 0.25) is 0 Å². The van der Waals surface area contributed by atoms with Crippen LogP contribution in [0.3, 0.4) is 0 Å². The number of aromatic nitrogens is 1. The van der Waals surface area contributed by atoms with Gasteiger partial charge in [-0.3, -0.25) is 14.5 Å². The van der Waals surface area contributed by atoms with Gasteiger partial charge in [0, 0.05) is 61.9 Å². The summed E-state index contributed by atoms with van der Waals surface area (Å²) in [6, 6.07) is 27.9. The molecule has 56 heavy (non-hydrogen) atoms. The summed E-state index contributed by atoms with van der Waals surface area (Å²) in [5.74, 6) is 0.662. The molecule has 0 radical (unpaired) electrons. The third-order valence-corrected chi connectivity index (χ3v) is 11.3. The molecule has 1 N–H and O–H groups in total. The zero-order valence-corrected chi connectivity index (χ0v) is 32.5. The number of anilines is 1. The lowest BCUT2D eigenvalue weighted by Gasteiger charge is -2.40. The van der Waals surface area contributed by atoms with Crippen LogP contribution in [-0.2, 0) is 31.3 Å². The van der Waals surface area contributed by atoms with E-state index in [1.807, 2.05) is 60.7 Å². The summed E-state index contributed by atoms with van der Waals surface area (Å²) >= 11 is 0. The molecule has 288 valence electrons. The summed E-state index contributed by atoms with van der Waals surface area (Å²) in [7, 11) is 4.98. The first-order valence-electron chi connectivity index (χ1n) is 18.8. The number of fused-ring (bicyclic) bond motifs is 1.